The van der Waals surface area contributed by atoms with Crippen molar-refractivity contribution < 1.29 is 0 Å². The van der Waals surface area contributed by atoms with Crippen LogP contribution in [0.4, 0.5) is 0 Å². The minimum Gasteiger partial charge on any atom is -0.288 e. The fourth-order valence-corrected chi connectivity index (χ4v) is 1.86. The number of halogens is 1. The number of rotatable bonds is 1. The highest BCUT2D eigenvalue weighted by atomic mass is 127. The predicted octanol–water partition coefficient (Wildman–Crippen LogP) is 2.81. The molecular formula is C9H16IN. The van der Waals surface area contributed by atoms with Gasteiger partial charge in [0.05, 0.1) is 4.05 Å². The van der Waals surface area contributed by atoms with E-state index in [1.165, 1.54) is 19.4 Å². The summed E-state index contributed by atoms with van der Waals surface area (Å²) in [5.41, 5.74) is 1.56. The highest BCUT2D eigenvalue weighted by Crippen LogP contribution is 2.15. The summed E-state index contributed by atoms with van der Waals surface area (Å²) in [6.07, 6.45) is 4.98. The Kier molecular flexibility index (Phi) is 3.85. The fourth-order valence-electron chi connectivity index (χ4n) is 1.35. The first-order valence-corrected chi connectivity index (χ1v) is 5.48. The molecule has 2 heteroatoms. The molecule has 1 heterocycles. The molecule has 0 amide bonds. The summed E-state index contributed by atoms with van der Waals surface area (Å²) in [4.78, 5) is 2.51. The lowest BCUT2D eigenvalue weighted by molar-refractivity contribution is 0.308. The van der Waals surface area contributed by atoms with Gasteiger partial charge in [0.25, 0.3) is 0 Å². The molecule has 0 saturated carbocycles. The second kappa shape index (κ2) is 4.45. The molecule has 1 atom stereocenters. The quantitative estimate of drug-likeness (QED) is 0.305. The van der Waals surface area contributed by atoms with Crippen LogP contribution in [0.5, 0.6) is 0 Å². The van der Waals surface area contributed by atoms with Gasteiger partial charge in [0, 0.05) is 6.54 Å². The molecule has 0 aromatic heterocycles. The summed E-state index contributed by atoms with van der Waals surface area (Å²) in [6, 6.07) is 0. The zero-order chi connectivity index (χ0) is 8.27. The van der Waals surface area contributed by atoms with Crippen molar-refractivity contribution >= 4 is 22.6 Å². The number of alkyl halides is 1. The molecular weight excluding hydrogens is 249 g/mol. The molecule has 1 unspecified atom stereocenters. The molecule has 11 heavy (non-hydrogen) atoms. The first kappa shape index (κ1) is 9.52. The van der Waals surface area contributed by atoms with Crippen LogP contribution in [-0.4, -0.2) is 22.0 Å². The minimum atomic E-state index is 0.676. The molecule has 0 spiro atoms. The number of hydrogen-bond donors (Lipinski definition) is 0. The molecule has 1 nitrogen and oxygen atoms in total. The van der Waals surface area contributed by atoms with E-state index in [2.05, 4.69) is 47.4 Å². The van der Waals surface area contributed by atoms with Crippen LogP contribution in [0.25, 0.3) is 0 Å². The van der Waals surface area contributed by atoms with Crippen molar-refractivity contribution in [2.24, 2.45) is 0 Å². The smallest absolute Gasteiger partial charge is 0.0592 e. The lowest BCUT2D eigenvalue weighted by Crippen LogP contribution is -2.29. The molecule has 0 aliphatic carbocycles. The van der Waals surface area contributed by atoms with Gasteiger partial charge in [0.15, 0.2) is 0 Å². The lowest BCUT2D eigenvalue weighted by Gasteiger charge is -2.21. The van der Waals surface area contributed by atoms with Crippen molar-refractivity contribution in [3.05, 3.63) is 11.6 Å². The summed E-state index contributed by atoms with van der Waals surface area (Å²) < 4.78 is 0.676. The molecule has 0 aromatic rings. The summed E-state index contributed by atoms with van der Waals surface area (Å²) in [5.74, 6) is 0. The third kappa shape index (κ3) is 3.11. The van der Waals surface area contributed by atoms with Crippen LogP contribution >= 0.6 is 22.6 Å². The monoisotopic (exact) mass is 265 g/mol. The van der Waals surface area contributed by atoms with E-state index in [9.17, 15) is 0 Å². The van der Waals surface area contributed by atoms with Crippen molar-refractivity contribution in [2.45, 2.75) is 30.7 Å². The Morgan fingerprint density at radius 1 is 1.64 bits per heavy atom. The van der Waals surface area contributed by atoms with Gasteiger partial charge in [0.2, 0.25) is 0 Å². The average molecular weight is 265 g/mol. The van der Waals surface area contributed by atoms with E-state index in [4.69, 9.17) is 0 Å². The molecule has 0 aromatic carbocycles. The molecule has 0 bridgehead atoms. The van der Waals surface area contributed by atoms with E-state index in [-0.39, 0.29) is 0 Å². The van der Waals surface area contributed by atoms with Crippen molar-refractivity contribution in [2.75, 3.05) is 13.1 Å². The first-order valence-electron chi connectivity index (χ1n) is 4.24. The van der Waals surface area contributed by atoms with Crippen molar-refractivity contribution in [1.29, 1.82) is 0 Å². The summed E-state index contributed by atoms with van der Waals surface area (Å²) in [7, 11) is 0. The molecule has 1 rings (SSSR count). The van der Waals surface area contributed by atoms with Gasteiger partial charge in [-0.15, -0.1) is 0 Å². The van der Waals surface area contributed by atoms with Gasteiger partial charge in [-0.05, 0) is 33.2 Å². The molecule has 0 radical (unpaired) electrons. The summed E-state index contributed by atoms with van der Waals surface area (Å²) in [5, 5.41) is 0. The van der Waals surface area contributed by atoms with Crippen LogP contribution in [0.15, 0.2) is 11.6 Å². The molecule has 1 aliphatic rings. The molecule has 0 saturated heterocycles. The van der Waals surface area contributed by atoms with E-state index in [0.717, 1.165) is 6.54 Å². The highest BCUT2D eigenvalue weighted by molar-refractivity contribution is 14.1. The standard InChI is InChI=1S/C9H16IN/c1-8-4-3-6-11(7-5-8)9(2)10/h5,9H,3-4,6-7H2,1-2H3. The summed E-state index contributed by atoms with van der Waals surface area (Å²) >= 11 is 2.48. The van der Waals surface area contributed by atoms with E-state index >= 15 is 0 Å². The molecule has 1 aliphatic heterocycles. The normalized spacial score (nSPS) is 24.1. The van der Waals surface area contributed by atoms with Gasteiger partial charge in [-0.3, -0.25) is 4.90 Å². The fraction of sp³-hybridized carbons (Fsp3) is 0.778. The van der Waals surface area contributed by atoms with Crippen LogP contribution in [0.1, 0.15) is 26.7 Å². The molecule has 0 fully saturated rings. The number of allylic oxidation sites excluding steroid dienone is 1. The largest absolute Gasteiger partial charge is 0.288 e. The predicted molar refractivity (Wildman–Crippen MR) is 58.0 cm³/mol. The van der Waals surface area contributed by atoms with Crippen LogP contribution in [0.3, 0.4) is 0 Å². The Morgan fingerprint density at radius 2 is 2.36 bits per heavy atom. The first-order chi connectivity index (χ1) is 5.20. The molecule has 0 N–H and O–H groups in total. The van der Waals surface area contributed by atoms with Gasteiger partial charge in [-0.1, -0.05) is 34.2 Å². The Labute approximate surface area is 83.0 Å². The highest BCUT2D eigenvalue weighted by Gasteiger charge is 2.10. The summed E-state index contributed by atoms with van der Waals surface area (Å²) in [6.45, 7) is 6.91. The van der Waals surface area contributed by atoms with Crippen LogP contribution in [0, 0.1) is 0 Å². The van der Waals surface area contributed by atoms with Gasteiger partial charge in [0.1, 0.15) is 0 Å². The van der Waals surface area contributed by atoms with Gasteiger partial charge in [-0.25, -0.2) is 0 Å². The van der Waals surface area contributed by atoms with Gasteiger partial charge < -0.3 is 0 Å². The van der Waals surface area contributed by atoms with Crippen LogP contribution in [-0.2, 0) is 0 Å². The van der Waals surface area contributed by atoms with Crippen molar-refractivity contribution in [3.8, 4) is 0 Å². The van der Waals surface area contributed by atoms with E-state index in [1.54, 1.807) is 5.57 Å². The maximum Gasteiger partial charge on any atom is 0.0592 e. The Morgan fingerprint density at radius 3 is 3.00 bits per heavy atom. The van der Waals surface area contributed by atoms with Crippen molar-refractivity contribution in [3.63, 3.8) is 0 Å². The Hall–Kier alpha value is 0.430. The SMILES string of the molecule is CC1=CCN(C(C)I)CCC1. The molecule has 64 valence electrons. The number of hydrogen-bond acceptors (Lipinski definition) is 1. The van der Waals surface area contributed by atoms with Crippen molar-refractivity contribution in [1.82, 2.24) is 4.90 Å². The van der Waals surface area contributed by atoms with Crippen LogP contribution in [0.2, 0.25) is 0 Å². The van der Waals surface area contributed by atoms with E-state index < -0.39 is 0 Å². The van der Waals surface area contributed by atoms with Gasteiger partial charge in [-0.2, -0.15) is 0 Å². The Bertz CT molecular complexity index is 152. The Balaban J connectivity index is 2.46. The van der Waals surface area contributed by atoms with Crippen LogP contribution < -0.4 is 0 Å². The number of nitrogens with zero attached hydrogens (tertiary/aromatic N) is 1. The second-order valence-corrected chi connectivity index (χ2v) is 5.03. The average Bonchev–Trinajstić information content (AvgIpc) is 2.13. The minimum absolute atomic E-state index is 0.676. The third-order valence-electron chi connectivity index (χ3n) is 2.19. The zero-order valence-corrected chi connectivity index (χ0v) is 9.47. The lowest BCUT2D eigenvalue weighted by atomic mass is 10.2. The van der Waals surface area contributed by atoms with E-state index in [1.807, 2.05) is 0 Å². The topological polar surface area (TPSA) is 3.24 Å². The second-order valence-electron chi connectivity index (χ2n) is 3.22. The van der Waals surface area contributed by atoms with Gasteiger partial charge >= 0.3 is 0 Å². The third-order valence-corrected chi connectivity index (χ3v) is 2.98. The maximum absolute atomic E-state index is 2.51. The zero-order valence-electron chi connectivity index (χ0n) is 7.31. The van der Waals surface area contributed by atoms with E-state index in [0.29, 0.717) is 4.05 Å². The maximum atomic E-state index is 2.51.